The van der Waals surface area contributed by atoms with Gasteiger partial charge in [-0.15, -0.1) is 13.2 Å². The van der Waals surface area contributed by atoms with Crippen molar-refractivity contribution in [3.8, 4) is 0 Å². The second kappa shape index (κ2) is 3.50. The van der Waals surface area contributed by atoms with Gasteiger partial charge in [-0.05, 0) is 25.7 Å². The Hall–Kier alpha value is -1.53. The summed E-state index contributed by atoms with van der Waals surface area (Å²) in [4.78, 5) is 11.0. The first kappa shape index (κ1) is 11.0. The molecule has 1 aromatic rings. The lowest BCUT2D eigenvalue weighted by Gasteiger charge is -2.15. The predicted octanol–water partition coefficient (Wildman–Crippen LogP) is 1.34. The lowest BCUT2D eigenvalue weighted by atomic mass is 9.95. The maximum atomic E-state index is 12.6. The zero-order valence-corrected chi connectivity index (χ0v) is 8.34. The van der Waals surface area contributed by atoms with Crippen LogP contribution >= 0.6 is 0 Å². The van der Waals surface area contributed by atoms with Crippen LogP contribution in [0.25, 0.3) is 0 Å². The van der Waals surface area contributed by atoms with Gasteiger partial charge in [-0.2, -0.15) is 9.78 Å². The van der Waals surface area contributed by atoms with Gasteiger partial charge < -0.3 is 5.73 Å². The molecule has 0 fully saturated rings. The van der Waals surface area contributed by atoms with Gasteiger partial charge >= 0.3 is 6.30 Å². The van der Waals surface area contributed by atoms with Crippen LogP contribution in [0.3, 0.4) is 0 Å². The highest BCUT2D eigenvalue weighted by Crippen LogP contribution is 2.31. The van der Waals surface area contributed by atoms with Gasteiger partial charge in [-0.3, -0.25) is 4.79 Å². The first-order valence-electron chi connectivity index (χ1n) is 4.89. The number of carbonyl (C=O) groups is 1. The predicted molar refractivity (Wildman–Crippen MR) is 48.7 cm³/mol. The Bertz CT molecular complexity index is 436. The number of alkyl halides is 3. The smallest absolute Gasteiger partial charge is 0.364 e. The molecule has 1 aliphatic carbocycles. The van der Waals surface area contributed by atoms with Crippen molar-refractivity contribution in [3.05, 3.63) is 17.0 Å². The average Bonchev–Trinajstić information content (AvgIpc) is 2.56. The number of halogens is 3. The van der Waals surface area contributed by atoms with Gasteiger partial charge in [0.05, 0.1) is 5.69 Å². The highest BCUT2D eigenvalue weighted by molar-refractivity contribution is 5.92. The Morgan fingerprint density at radius 2 is 1.94 bits per heavy atom. The second-order valence-corrected chi connectivity index (χ2v) is 3.72. The minimum Gasteiger partial charge on any atom is -0.364 e. The molecule has 0 spiro atoms. The van der Waals surface area contributed by atoms with E-state index in [1.165, 1.54) is 0 Å². The van der Waals surface area contributed by atoms with Crippen LogP contribution in [0.4, 0.5) is 13.2 Å². The summed E-state index contributed by atoms with van der Waals surface area (Å²) >= 11 is 0. The van der Waals surface area contributed by atoms with Crippen LogP contribution in [0.5, 0.6) is 0 Å². The van der Waals surface area contributed by atoms with Gasteiger partial charge in [0.25, 0.3) is 5.91 Å². The molecule has 1 amide bonds. The van der Waals surface area contributed by atoms with Crippen molar-refractivity contribution in [2.45, 2.75) is 32.0 Å². The molecule has 0 unspecified atom stereocenters. The molecule has 1 aromatic heterocycles. The van der Waals surface area contributed by atoms with Crippen LogP contribution in [0.1, 0.15) is 34.6 Å². The summed E-state index contributed by atoms with van der Waals surface area (Å²) in [6.45, 7) is 0. The minimum atomic E-state index is -4.59. The Morgan fingerprint density at radius 1 is 1.31 bits per heavy atom. The molecule has 1 aliphatic rings. The van der Waals surface area contributed by atoms with E-state index >= 15 is 0 Å². The van der Waals surface area contributed by atoms with Crippen LogP contribution in [0, 0.1) is 0 Å². The normalized spacial score (nSPS) is 15.9. The molecule has 0 aliphatic heterocycles. The van der Waals surface area contributed by atoms with Gasteiger partial charge in [0, 0.05) is 5.56 Å². The van der Waals surface area contributed by atoms with E-state index in [-0.39, 0.29) is 22.5 Å². The number of carbonyl (C=O) groups excluding carboxylic acids is 1. The van der Waals surface area contributed by atoms with Crippen molar-refractivity contribution < 1.29 is 18.0 Å². The molecule has 0 saturated carbocycles. The van der Waals surface area contributed by atoms with E-state index in [4.69, 9.17) is 5.73 Å². The van der Waals surface area contributed by atoms with E-state index < -0.39 is 12.2 Å². The Kier molecular flexibility index (Phi) is 2.40. The Labute approximate surface area is 89.2 Å². The summed E-state index contributed by atoms with van der Waals surface area (Å²) < 4.78 is 37.8. The van der Waals surface area contributed by atoms with Gasteiger partial charge in [0.15, 0.2) is 5.69 Å². The summed E-state index contributed by atoms with van der Waals surface area (Å²) in [7, 11) is 0. The monoisotopic (exact) mass is 233 g/mol. The van der Waals surface area contributed by atoms with E-state index in [2.05, 4.69) is 5.10 Å². The maximum absolute atomic E-state index is 12.6. The van der Waals surface area contributed by atoms with E-state index in [0.29, 0.717) is 18.4 Å². The quantitative estimate of drug-likeness (QED) is 0.795. The highest BCUT2D eigenvalue weighted by Gasteiger charge is 2.38. The summed E-state index contributed by atoms with van der Waals surface area (Å²) in [6, 6.07) is 0. The molecule has 0 bridgehead atoms. The van der Waals surface area contributed by atoms with Gasteiger partial charge in [-0.25, -0.2) is 0 Å². The molecule has 0 atom stereocenters. The van der Waals surface area contributed by atoms with Crippen molar-refractivity contribution in [2.24, 2.45) is 5.73 Å². The Morgan fingerprint density at radius 3 is 2.50 bits per heavy atom. The lowest BCUT2D eigenvalue weighted by Crippen LogP contribution is -2.22. The number of nitrogens with two attached hydrogens (primary N) is 1. The van der Waals surface area contributed by atoms with Gasteiger partial charge in [-0.1, -0.05) is 0 Å². The fourth-order valence-corrected chi connectivity index (χ4v) is 2.01. The molecule has 0 aromatic carbocycles. The van der Waals surface area contributed by atoms with Crippen LogP contribution in [-0.2, 0) is 19.1 Å². The van der Waals surface area contributed by atoms with Crippen molar-refractivity contribution in [2.75, 3.05) is 0 Å². The molecular formula is C9H10F3N3O. The number of amides is 1. The lowest BCUT2D eigenvalue weighted by molar-refractivity contribution is -0.214. The summed E-state index contributed by atoms with van der Waals surface area (Å²) in [5.41, 5.74) is 5.20. The molecule has 0 radical (unpaired) electrons. The number of primary amides is 1. The topological polar surface area (TPSA) is 60.9 Å². The standard InChI is InChI=1S/C9H10F3N3O/c10-9(11,12)15-6-4-2-1-3-5(6)7(14-15)8(13)16/h1-4H2,(H2,13,16). The number of nitrogens with zero attached hydrogens (tertiary/aromatic N) is 2. The van der Waals surface area contributed by atoms with Gasteiger partial charge in [0.1, 0.15) is 0 Å². The first-order valence-corrected chi connectivity index (χ1v) is 4.89. The van der Waals surface area contributed by atoms with Crippen LogP contribution in [0.15, 0.2) is 0 Å². The van der Waals surface area contributed by atoms with Crippen LogP contribution in [-0.4, -0.2) is 15.7 Å². The van der Waals surface area contributed by atoms with Crippen molar-refractivity contribution in [3.63, 3.8) is 0 Å². The first-order chi connectivity index (χ1) is 7.41. The van der Waals surface area contributed by atoms with Gasteiger partial charge in [0.2, 0.25) is 0 Å². The molecule has 7 heteroatoms. The van der Waals surface area contributed by atoms with E-state index in [0.717, 1.165) is 6.42 Å². The Balaban J connectivity index is 2.59. The van der Waals surface area contributed by atoms with E-state index in [1.54, 1.807) is 0 Å². The molecule has 16 heavy (non-hydrogen) atoms. The van der Waals surface area contributed by atoms with E-state index in [1.807, 2.05) is 0 Å². The third kappa shape index (κ3) is 1.66. The molecule has 2 N–H and O–H groups in total. The summed E-state index contributed by atoms with van der Waals surface area (Å²) in [6.07, 6.45) is -2.43. The zero-order valence-electron chi connectivity index (χ0n) is 8.34. The number of hydrogen-bond donors (Lipinski definition) is 1. The summed E-state index contributed by atoms with van der Waals surface area (Å²) in [5, 5.41) is 3.28. The van der Waals surface area contributed by atoms with E-state index in [9.17, 15) is 18.0 Å². The zero-order chi connectivity index (χ0) is 11.9. The van der Waals surface area contributed by atoms with Crippen molar-refractivity contribution in [1.82, 2.24) is 9.78 Å². The number of rotatable bonds is 1. The number of aromatic nitrogens is 2. The SMILES string of the molecule is NC(=O)c1nn(C(F)(F)F)c2c1CCCC2. The molecule has 88 valence electrons. The molecule has 4 nitrogen and oxygen atoms in total. The molecule has 1 heterocycles. The molecule has 2 rings (SSSR count). The minimum absolute atomic E-state index is 0.0262. The fraction of sp³-hybridized carbons (Fsp3) is 0.556. The summed E-state index contributed by atoms with van der Waals surface area (Å²) in [5.74, 6) is -0.902. The maximum Gasteiger partial charge on any atom is 0.504 e. The highest BCUT2D eigenvalue weighted by atomic mass is 19.4. The number of fused-ring (bicyclic) bond motifs is 1. The number of hydrogen-bond acceptors (Lipinski definition) is 2. The third-order valence-electron chi connectivity index (χ3n) is 2.65. The average molecular weight is 233 g/mol. The second-order valence-electron chi connectivity index (χ2n) is 3.72. The largest absolute Gasteiger partial charge is 0.504 e. The molecular weight excluding hydrogens is 223 g/mol. The van der Waals surface area contributed by atoms with Crippen LogP contribution < -0.4 is 5.73 Å². The molecule has 0 saturated heterocycles. The van der Waals surface area contributed by atoms with Crippen LogP contribution in [0.2, 0.25) is 0 Å². The van der Waals surface area contributed by atoms with Crippen molar-refractivity contribution in [1.29, 1.82) is 0 Å². The third-order valence-corrected chi connectivity index (χ3v) is 2.65. The fourth-order valence-electron chi connectivity index (χ4n) is 2.01. The van der Waals surface area contributed by atoms with Crippen molar-refractivity contribution >= 4 is 5.91 Å².